The summed E-state index contributed by atoms with van der Waals surface area (Å²) in [5, 5.41) is 6.88. The fraction of sp³-hybridized carbons (Fsp3) is 0.571. The maximum absolute atomic E-state index is 12.8. The summed E-state index contributed by atoms with van der Waals surface area (Å²) in [6, 6.07) is 8.57. The Labute approximate surface area is 147 Å². The van der Waals surface area contributed by atoms with Crippen LogP contribution in [0.15, 0.2) is 29.6 Å². The van der Waals surface area contributed by atoms with Crippen LogP contribution in [0.4, 0.5) is 0 Å². The molecular weight excluding hydrogens is 314 g/mol. The molecule has 2 nitrogen and oxygen atoms in total. The van der Waals surface area contributed by atoms with Gasteiger partial charge in [0.2, 0.25) is 5.91 Å². The number of hydrogen-bond acceptors (Lipinski definition) is 2. The zero-order chi connectivity index (χ0) is 16.1. The van der Waals surface area contributed by atoms with E-state index in [2.05, 4.69) is 35.0 Å². The van der Waals surface area contributed by atoms with Gasteiger partial charge in [0.25, 0.3) is 0 Å². The number of carbonyl (C=O) groups excluding carboxylic acids is 1. The second kappa shape index (κ2) is 5.87. The van der Waals surface area contributed by atoms with E-state index in [1.165, 1.54) is 47.8 Å². The maximum Gasteiger partial charge on any atom is 0.223 e. The molecule has 1 N–H and O–H groups in total. The summed E-state index contributed by atoms with van der Waals surface area (Å²) in [5.74, 6) is 3.91. The molecule has 4 aliphatic rings. The van der Waals surface area contributed by atoms with Crippen LogP contribution in [-0.2, 0) is 11.2 Å². The van der Waals surface area contributed by atoms with Crippen molar-refractivity contribution in [2.75, 3.05) is 6.54 Å². The van der Waals surface area contributed by atoms with Crippen LogP contribution >= 0.6 is 11.3 Å². The SMILES string of the molecule is O=C(NCCc1csc2ccccc12)C1C2CC3CC(C2)CC1C3. The predicted molar refractivity (Wildman–Crippen MR) is 99.1 cm³/mol. The number of carbonyl (C=O) groups is 1. The number of rotatable bonds is 4. The van der Waals surface area contributed by atoms with Crippen molar-refractivity contribution in [2.24, 2.45) is 29.6 Å². The Kier molecular flexibility index (Phi) is 3.66. The van der Waals surface area contributed by atoms with Gasteiger partial charge in [0.05, 0.1) is 0 Å². The van der Waals surface area contributed by atoms with Crippen LogP contribution in [0.1, 0.15) is 37.7 Å². The minimum atomic E-state index is 0.317. The van der Waals surface area contributed by atoms with E-state index in [0.717, 1.165) is 24.8 Å². The van der Waals surface area contributed by atoms with Crippen LogP contribution in [0.2, 0.25) is 0 Å². The first kappa shape index (κ1) is 14.9. The van der Waals surface area contributed by atoms with E-state index >= 15 is 0 Å². The van der Waals surface area contributed by atoms with Crippen LogP contribution in [0.5, 0.6) is 0 Å². The smallest absolute Gasteiger partial charge is 0.223 e. The molecule has 0 spiro atoms. The van der Waals surface area contributed by atoms with Crippen molar-refractivity contribution in [3.63, 3.8) is 0 Å². The molecule has 4 bridgehead atoms. The Balaban J connectivity index is 1.22. The third kappa shape index (κ3) is 2.48. The molecule has 4 saturated carbocycles. The summed E-state index contributed by atoms with van der Waals surface area (Å²) in [4.78, 5) is 12.8. The Morgan fingerprint density at radius 1 is 1.04 bits per heavy atom. The largest absolute Gasteiger partial charge is 0.356 e. The number of fused-ring (bicyclic) bond motifs is 1. The highest BCUT2D eigenvalue weighted by Crippen LogP contribution is 2.56. The molecule has 4 fully saturated rings. The second-order valence-electron chi connectivity index (χ2n) is 8.25. The second-order valence-corrected chi connectivity index (χ2v) is 9.17. The lowest BCUT2D eigenvalue weighted by molar-refractivity contribution is -0.138. The fourth-order valence-corrected chi connectivity index (χ4v) is 7.02. The molecule has 126 valence electrons. The third-order valence-corrected chi connectivity index (χ3v) is 7.80. The molecule has 3 heteroatoms. The molecule has 0 unspecified atom stereocenters. The number of benzene rings is 1. The van der Waals surface area contributed by atoms with Crippen molar-refractivity contribution < 1.29 is 4.79 Å². The molecule has 1 aromatic heterocycles. The van der Waals surface area contributed by atoms with E-state index < -0.39 is 0 Å². The Bertz CT molecular complexity index is 736. The van der Waals surface area contributed by atoms with Gasteiger partial charge in [-0.15, -0.1) is 11.3 Å². The van der Waals surface area contributed by atoms with Crippen LogP contribution in [0.25, 0.3) is 10.1 Å². The molecule has 0 atom stereocenters. The van der Waals surface area contributed by atoms with E-state index in [1.54, 1.807) is 11.3 Å². The van der Waals surface area contributed by atoms with Crippen LogP contribution < -0.4 is 5.32 Å². The highest BCUT2D eigenvalue weighted by Gasteiger charge is 2.50. The maximum atomic E-state index is 12.8. The molecule has 4 aliphatic carbocycles. The molecule has 1 amide bonds. The highest BCUT2D eigenvalue weighted by molar-refractivity contribution is 7.17. The molecule has 1 heterocycles. The lowest BCUT2D eigenvalue weighted by atomic mass is 9.51. The fourth-order valence-electron chi connectivity index (χ4n) is 6.02. The van der Waals surface area contributed by atoms with Crippen molar-refractivity contribution in [3.05, 3.63) is 35.2 Å². The van der Waals surface area contributed by atoms with Crippen molar-refractivity contribution in [1.82, 2.24) is 5.32 Å². The van der Waals surface area contributed by atoms with Gasteiger partial charge in [0, 0.05) is 17.2 Å². The normalized spacial score (nSPS) is 33.9. The Hall–Kier alpha value is -1.35. The van der Waals surface area contributed by atoms with Crippen molar-refractivity contribution >= 4 is 27.3 Å². The van der Waals surface area contributed by atoms with Gasteiger partial charge in [-0.3, -0.25) is 4.79 Å². The first-order valence-corrected chi connectivity index (χ1v) is 10.4. The molecule has 24 heavy (non-hydrogen) atoms. The monoisotopic (exact) mass is 339 g/mol. The summed E-state index contributed by atoms with van der Waals surface area (Å²) in [7, 11) is 0. The summed E-state index contributed by atoms with van der Waals surface area (Å²) < 4.78 is 1.35. The summed E-state index contributed by atoms with van der Waals surface area (Å²) >= 11 is 1.81. The average molecular weight is 340 g/mol. The minimum Gasteiger partial charge on any atom is -0.356 e. The third-order valence-electron chi connectivity index (χ3n) is 6.78. The van der Waals surface area contributed by atoms with Gasteiger partial charge in [-0.2, -0.15) is 0 Å². The molecule has 0 saturated heterocycles. The first-order valence-electron chi connectivity index (χ1n) is 9.50. The zero-order valence-corrected chi connectivity index (χ0v) is 14.9. The van der Waals surface area contributed by atoms with E-state index in [4.69, 9.17) is 0 Å². The molecule has 2 aromatic rings. The molecular formula is C21H25NOS. The van der Waals surface area contributed by atoms with Crippen molar-refractivity contribution in [2.45, 2.75) is 38.5 Å². The van der Waals surface area contributed by atoms with Gasteiger partial charge in [0.1, 0.15) is 0 Å². The topological polar surface area (TPSA) is 29.1 Å². The van der Waals surface area contributed by atoms with Gasteiger partial charge >= 0.3 is 0 Å². The van der Waals surface area contributed by atoms with E-state index in [-0.39, 0.29) is 0 Å². The number of thiophene rings is 1. The van der Waals surface area contributed by atoms with Gasteiger partial charge in [-0.1, -0.05) is 18.2 Å². The minimum absolute atomic E-state index is 0.317. The predicted octanol–water partition coefficient (Wildman–Crippen LogP) is 4.63. The van der Waals surface area contributed by atoms with E-state index in [0.29, 0.717) is 23.7 Å². The van der Waals surface area contributed by atoms with Crippen molar-refractivity contribution in [3.8, 4) is 0 Å². The Morgan fingerprint density at radius 2 is 1.75 bits per heavy atom. The van der Waals surface area contributed by atoms with Crippen LogP contribution in [0, 0.1) is 29.6 Å². The quantitative estimate of drug-likeness (QED) is 0.864. The van der Waals surface area contributed by atoms with Crippen LogP contribution in [0.3, 0.4) is 0 Å². The Morgan fingerprint density at radius 3 is 2.50 bits per heavy atom. The molecule has 1 aromatic carbocycles. The summed E-state index contributed by atoms with van der Waals surface area (Å²) in [6.45, 7) is 0.780. The number of amides is 1. The average Bonchev–Trinajstić information content (AvgIpc) is 2.97. The lowest BCUT2D eigenvalue weighted by Crippen LogP contribution is -2.51. The number of nitrogens with one attached hydrogen (secondary N) is 1. The van der Waals surface area contributed by atoms with Gasteiger partial charge in [-0.05, 0) is 84.6 Å². The molecule has 0 aliphatic heterocycles. The van der Waals surface area contributed by atoms with Gasteiger partial charge in [0.15, 0.2) is 0 Å². The summed E-state index contributed by atoms with van der Waals surface area (Å²) in [5.41, 5.74) is 1.38. The molecule has 0 radical (unpaired) electrons. The van der Waals surface area contributed by atoms with E-state index in [9.17, 15) is 4.79 Å². The van der Waals surface area contributed by atoms with Gasteiger partial charge in [-0.25, -0.2) is 0 Å². The van der Waals surface area contributed by atoms with Crippen LogP contribution in [-0.4, -0.2) is 12.5 Å². The number of hydrogen-bond donors (Lipinski definition) is 1. The van der Waals surface area contributed by atoms with Crippen molar-refractivity contribution in [1.29, 1.82) is 0 Å². The molecule has 6 rings (SSSR count). The van der Waals surface area contributed by atoms with Gasteiger partial charge < -0.3 is 5.32 Å². The first-order chi connectivity index (χ1) is 11.8. The highest BCUT2D eigenvalue weighted by atomic mass is 32.1. The summed E-state index contributed by atoms with van der Waals surface area (Å²) in [6.07, 6.45) is 7.68. The lowest BCUT2D eigenvalue weighted by Gasteiger charge is -2.53. The standard InChI is InChI=1S/C21H25NOS/c23-21(20-16-8-13-7-14(10-16)11-17(20)9-13)22-6-5-15-12-24-19-4-2-1-3-18(15)19/h1-4,12-14,16-17,20H,5-11H2,(H,22,23). The zero-order valence-electron chi connectivity index (χ0n) is 14.0. The van der Waals surface area contributed by atoms with E-state index in [1.807, 2.05) is 0 Å².